The molecule has 3 N–H and O–H groups in total. The van der Waals surface area contributed by atoms with Gasteiger partial charge in [0.2, 0.25) is 5.91 Å². The first-order valence-corrected chi connectivity index (χ1v) is 17.4. The van der Waals surface area contributed by atoms with Crippen molar-refractivity contribution in [1.29, 1.82) is 0 Å². The standard InChI is InChI=1S/C37H36FN3O5S2/c1-23(33(42)41-36-32(37(45)46-2)28-18-8-3-4-9-20-31(28)48-36)47-27-17-12-16-26(22-27)39-35(44)30(21-25-15-10-11-19-29(25)38)40-34(43)24-13-6-5-7-14-24/h5-7,10-17,19,21-23H,3-4,8-9,18,20H2,1-2H3,(H,39,44)(H,40,43)(H,41,42)/b30-21-. The van der Waals surface area contributed by atoms with E-state index in [2.05, 4.69) is 16.0 Å². The van der Waals surface area contributed by atoms with Gasteiger partial charge in [-0.3, -0.25) is 14.4 Å². The number of rotatable bonds is 10. The molecule has 3 amide bonds. The summed E-state index contributed by atoms with van der Waals surface area (Å²) in [4.78, 5) is 54.4. The third kappa shape index (κ3) is 8.78. The lowest BCUT2D eigenvalue weighted by molar-refractivity contribution is -0.115. The minimum Gasteiger partial charge on any atom is -0.465 e. The largest absolute Gasteiger partial charge is 0.465 e. The predicted molar refractivity (Wildman–Crippen MR) is 189 cm³/mol. The first-order chi connectivity index (χ1) is 23.2. The van der Waals surface area contributed by atoms with Crippen LogP contribution in [0, 0.1) is 5.82 Å². The minimum atomic E-state index is -0.654. The van der Waals surface area contributed by atoms with Gasteiger partial charge in [-0.1, -0.05) is 55.3 Å². The number of fused-ring (bicyclic) bond motifs is 1. The Hall–Kier alpha value is -4.74. The zero-order valence-corrected chi connectivity index (χ0v) is 28.3. The lowest BCUT2D eigenvalue weighted by Gasteiger charge is -2.14. The normalized spacial score (nSPS) is 13.7. The van der Waals surface area contributed by atoms with E-state index in [1.165, 1.54) is 54.5 Å². The number of thioether (sulfide) groups is 1. The van der Waals surface area contributed by atoms with Gasteiger partial charge in [0.25, 0.3) is 11.8 Å². The molecule has 0 aliphatic heterocycles. The molecule has 48 heavy (non-hydrogen) atoms. The minimum absolute atomic E-state index is 0.133. The molecule has 1 heterocycles. The monoisotopic (exact) mass is 685 g/mol. The van der Waals surface area contributed by atoms with Crippen molar-refractivity contribution >= 4 is 63.6 Å². The lowest BCUT2D eigenvalue weighted by atomic mass is 9.96. The van der Waals surface area contributed by atoms with Gasteiger partial charge in [-0.15, -0.1) is 23.1 Å². The molecule has 3 aromatic carbocycles. The van der Waals surface area contributed by atoms with Gasteiger partial charge in [-0.25, -0.2) is 9.18 Å². The maximum Gasteiger partial charge on any atom is 0.341 e. The van der Waals surface area contributed by atoms with Gasteiger partial charge in [0.05, 0.1) is 17.9 Å². The van der Waals surface area contributed by atoms with Crippen molar-refractivity contribution in [2.75, 3.05) is 17.7 Å². The number of halogens is 1. The molecular formula is C37H36FN3O5S2. The Labute approximate surface area is 287 Å². The van der Waals surface area contributed by atoms with E-state index in [1.54, 1.807) is 61.5 Å². The predicted octanol–water partition coefficient (Wildman–Crippen LogP) is 7.86. The molecule has 0 radical (unpaired) electrons. The Bertz CT molecular complexity index is 1840. The highest BCUT2D eigenvalue weighted by Gasteiger charge is 2.27. The molecule has 8 nitrogen and oxygen atoms in total. The van der Waals surface area contributed by atoms with Crippen molar-refractivity contribution < 1.29 is 28.3 Å². The second-order valence-corrected chi connectivity index (χ2v) is 13.8. The van der Waals surface area contributed by atoms with Gasteiger partial charge in [0.1, 0.15) is 16.5 Å². The molecule has 1 aliphatic carbocycles. The number of esters is 1. The van der Waals surface area contributed by atoms with Crippen LogP contribution in [-0.2, 0) is 27.2 Å². The van der Waals surface area contributed by atoms with Crippen molar-refractivity contribution in [3.05, 3.63) is 118 Å². The zero-order chi connectivity index (χ0) is 34.0. The maximum absolute atomic E-state index is 14.5. The second-order valence-electron chi connectivity index (χ2n) is 11.2. The molecule has 11 heteroatoms. The van der Waals surface area contributed by atoms with Crippen molar-refractivity contribution in [2.24, 2.45) is 0 Å². The van der Waals surface area contributed by atoms with Crippen LogP contribution in [0.15, 0.2) is 89.5 Å². The molecular weight excluding hydrogens is 650 g/mol. The third-order valence-corrected chi connectivity index (χ3v) is 10.1. The van der Waals surface area contributed by atoms with E-state index < -0.39 is 28.9 Å². The summed E-state index contributed by atoms with van der Waals surface area (Å²) >= 11 is 2.73. The number of benzene rings is 3. The molecule has 1 aliphatic rings. The van der Waals surface area contributed by atoms with Crippen LogP contribution >= 0.6 is 23.1 Å². The van der Waals surface area contributed by atoms with E-state index >= 15 is 0 Å². The van der Waals surface area contributed by atoms with Gasteiger partial charge in [0, 0.05) is 26.6 Å². The SMILES string of the molecule is COC(=O)c1c(NC(=O)C(C)Sc2cccc(NC(=O)/C(=C/c3ccccc3F)NC(=O)c3ccccc3)c2)sc2c1CCCCCC2. The molecule has 0 spiro atoms. The number of carbonyl (C=O) groups excluding carboxylic acids is 4. The highest BCUT2D eigenvalue weighted by Crippen LogP contribution is 2.38. The van der Waals surface area contributed by atoms with Crippen molar-refractivity contribution in [1.82, 2.24) is 5.32 Å². The number of hydrogen-bond acceptors (Lipinski definition) is 7. The molecule has 1 aromatic heterocycles. The average molecular weight is 686 g/mol. The van der Waals surface area contributed by atoms with Gasteiger partial charge < -0.3 is 20.7 Å². The van der Waals surface area contributed by atoms with Crippen LogP contribution in [0.2, 0.25) is 0 Å². The smallest absolute Gasteiger partial charge is 0.341 e. The molecule has 1 atom stereocenters. The number of aryl methyl sites for hydroxylation is 1. The number of methoxy groups -OCH3 is 1. The average Bonchev–Trinajstić information content (AvgIpc) is 3.40. The Kier molecular flexibility index (Phi) is 11.8. The summed E-state index contributed by atoms with van der Waals surface area (Å²) in [6.07, 6.45) is 7.21. The van der Waals surface area contributed by atoms with E-state index in [0.29, 0.717) is 26.7 Å². The summed E-state index contributed by atoms with van der Waals surface area (Å²) in [5.41, 5.74) is 2.17. The highest BCUT2D eigenvalue weighted by atomic mass is 32.2. The first-order valence-electron chi connectivity index (χ1n) is 15.7. The Balaban J connectivity index is 1.30. The van der Waals surface area contributed by atoms with Crippen LogP contribution in [0.1, 0.15) is 69.3 Å². The number of anilines is 2. The van der Waals surface area contributed by atoms with Crippen molar-refractivity contribution in [3.8, 4) is 0 Å². The third-order valence-electron chi connectivity index (χ3n) is 7.81. The Morgan fingerprint density at radius 3 is 2.38 bits per heavy atom. The van der Waals surface area contributed by atoms with Gasteiger partial charge in [-0.05, 0) is 80.6 Å². The van der Waals surface area contributed by atoms with Crippen LogP contribution in [0.4, 0.5) is 15.1 Å². The van der Waals surface area contributed by atoms with Crippen LogP contribution in [0.5, 0.6) is 0 Å². The van der Waals surface area contributed by atoms with Crippen LogP contribution < -0.4 is 16.0 Å². The fraction of sp³-hybridized carbons (Fsp3) is 0.243. The summed E-state index contributed by atoms with van der Waals surface area (Å²) in [7, 11) is 1.35. The molecule has 0 bridgehead atoms. The summed E-state index contributed by atoms with van der Waals surface area (Å²) in [6, 6.07) is 21.3. The number of nitrogens with one attached hydrogen (secondary N) is 3. The van der Waals surface area contributed by atoms with Crippen LogP contribution in [0.3, 0.4) is 0 Å². The molecule has 0 fully saturated rings. The molecule has 4 aromatic rings. The fourth-order valence-corrected chi connectivity index (χ4v) is 7.54. The molecule has 1 unspecified atom stereocenters. The second kappa shape index (κ2) is 16.4. The number of carbonyl (C=O) groups is 4. The van der Waals surface area contributed by atoms with Crippen molar-refractivity contribution in [3.63, 3.8) is 0 Å². The maximum atomic E-state index is 14.5. The van der Waals surface area contributed by atoms with Crippen molar-refractivity contribution in [2.45, 2.75) is 55.6 Å². The fourth-order valence-electron chi connectivity index (χ4n) is 5.33. The Morgan fingerprint density at radius 1 is 0.896 bits per heavy atom. The molecule has 5 rings (SSSR count). The molecule has 0 saturated carbocycles. The number of ether oxygens (including phenoxy) is 1. The molecule has 0 saturated heterocycles. The summed E-state index contributed by atoms with van der Waals surface area (Å²) < 4.78 is 19.6. The van der Waals surface area contributed by atoms with Crippen LogP contribution in [0.25, 0.3) is 6.08 Å². The van der Waals surface area contributed by atoms with E-state index in [9.17, 15) is 23.6 Å². The van der Waals surface area contributed by atoms with Gasteiger partial charge >= 0.3 is 5.97 Å². The quantitative estimate of drug-likeness (QED) is 0.0890. The van der Waals surface area contributed by atoms with Gasteiger partial charge in [0.15, 0.2) is 0 Å². The topological polar surface area (TPSA) is 114 Å². The summed E-state index contributed by atoms with van der Waals surface area (Å²) in [5.74, 6) is -2.44. The number of hydrogen-bond donors (Lipinski definition) is 3. The van der Waals surface area contributed by atoms with Gasteiger partial charge in [-0.2, -0.15) is 0 Å². The highest BCUT2D eigenvalue weighted by molar-refractivity contribution is 8.00. The lowest BCUT2D eigenvalue weighted by Crippen LogP contribution is -2.30. The number of thiophene rings is 1. The first kappa shape index (κ1) is 34.6. The number of amides is 3. The van der Waals surface area contributed by atoms with E-state index in [1.807, 2.05) is 6.07 Å². The van der Waals surface area contributed by atoms with E-state index in [4.69, 9.17) is 4.74 Å². The van der Waals surface area contributed by atoms with E-state index in [0.717, 1.165) is 49.0 Å². The zero-order valence-electron chi connectivity index (χ0n) is 26.6. The summed E-state index contributed by atoms with van der Waals surface area (Å²) in [5, 5.41) is 8.33. The Morgan fingerprint density at radius 2 is 1.62 bits per heavy atom. The molecule has 248 valence electrons. The van der Waals surface area contributed by atoms with Crippen LogP contribution in [-0.4, -0.2) is 36.1 Å². The summed E-state index contributed by atoms with van der Waals surface area (Å²) in [6.45, 7) is 1.76. The van der Waals surface area contributed by atoms with E-state index in [-0.39, 0.29) is 17.2 Å².